The lowest BCUT2D eigenvalue weighted by Crippen LogP contribution is -2.06. The van der Waals surface area contributed by atoms with Gasteiger partial charge in [-0.2, -0.15) is 5.26 Å². The Bertz CT molecular complexity index is 4920. The van der Waals surface area contributed by atoms with Crippen LogP contribution in [0.3, 0.4) is 0 Å². The zero-order valence-electron chi connectivity index (χ0n) is 49.7. The molecule has 0 N–H and O–H groups in total. The van der Waals surface area contributed by atoms with Gasteiger partial charge in [-0.3, -0.25) is 0 Å². The second-order valence-corrected chi connectivity index (χ2v) is 22.3. The molecule has 0 amide bonds. The minimum atomic E-state index is 0.377. The summed E-state index contributed by atoms with van der Waals surface area (Å²) in [6.45, 7) is 0. The number of rotatable bonds is 13. The molecule has 0 atom stereocenters. The van der Waals surface area contributed by atoms with E-state index in [1.807, 2.05) is 243 Å². The number of benzene rings is 11. The monoisotopic (exact) mass is 1190 g/mol. The summed E-state index contributed by atoms with van der Waals surface area (Å²) in [4.78, 5) is 52.8. The van der Waals surface area contributed by atoms with E-state index >= 15 is 0 Å². The first kappa shape index (κ1) is 55.2. The summed E-state index contributed by atoms with van der Waals surface area (Å²) in [5.74, 6) is 4.03. The first-order chi connectivity index (χ1) is 46.0. The Morgan fingerprint density at radius 3 is 0.828 bits per heavy atom. The van der Waals surface area contributed by atoms with Gasteiger partial charge >= 0.3 is 0 Å². The van der Waals surface area contributed by atoms with Gasteiger partial charge in [0, 0.05) is 77.5 Å². The van der Waals surface area contributed by atoms with Gasteiger partial charge in [0.05, 0.1) is 51.1 Å². The van der Waals surface area contributed by atoms with Crippen LogP contribution in [0.2, 0.25) is 0 Å². The Labute approximate surface area is 535 Å². The quantitative estimate of drug-likeness (QED) is 0.108. The van der Waals surface area contributed by atoms with Crippen molar-refractivity contribution in [3.63, 3.8) is 0 Å². The molecule has 0 aliphatic carbocycles. The maximum absolute atomic E-state index is 11.4. The zero-order valence-corrected chi connectivity index (χ0v) is 49.7. The van der Waals surface area contributed by atoms with Gasteiger partial charge in [-0.15, -0.1) is 0 Å². The van der Waals surface area contributed by atoms with E-state index in [0.29, 0.717) is 91.7 Å². The Morgan fingerprint density at radius 1 is 0.226 bits per heavy atom. The molecule has 5 heterocycles. The molecule has 11 aromatic carbocycles. The van der Waals surface area contributed by atoms with Crippen LogP contribution in [0, 0.1) is 11.3 Å². The molecule has 0 aliphatic heterocycles. The average Bonchev–Trinajstić information content (AvgIpc) is 1.59. The van der Waals surface area contributed by atoms with Crippen molar-refractivity contribution in [1.82, 2.24) is 54.4 Å². The molecule has 12 heteroatoms. The molecule has 0 saturated heterocycles. The zero-order chi connectivity index (χ0) is 62.0. The molecule has 12 nitrogen and oxygen atoms in total. The van der Waals surface area contributed by atoms with Crippen molar-refractivity contribution in [2.75, 3.05) is 0 Å². The first-order valence-electron chi connectivity index (χ1n) is 30.4. The molecule has 0 bridgehead atoms. The summed E-state index contributed by atoms with van der Waals surface area (Å²) in [6.07, 6.45) is 0. The third-order valence-electron chi connectivity index (χ3n) is 16.4. The highest BCUT2D eigenvalue weighted by molar-refractivity contribution is 6.13. The largest absolute Gasteiger partial charge is 0.308 e. The van der Waals surface area contributed by atoms with E-state index in [-0.39, 0.29) is 0 Å². The fourth-order valence-electron chi connectivity index (χ4n) is 11.9. The molecule has 0 aliphatic rings. The summed E-state index contributed by atoms with van der Waals surface area (Å²) in [5, 5.41) is 13.1. The van der Waals surface area contributed by atoms with Crippen molar-refractivity contribution in [2.24, 2.45) is 0 Å². The van der Waals surface area contributed by atoms with Crippen LogP contribution in [-0.2, 0) is 0 Å². The molecular formula is C81H50N12. The fraction of sp³-hybridized carbons (Fsp3) is 0. The van der Waals surface area contributed by atoms with Gasteiger partial charge in [0.1, 0.15) is 0 Å². The highest BCUT2D eigenvalue weighted by atomic mass is 15.1. The number of aromatic nitrogens is 11. The van der Waals surface area contributed by atoms with E-state index in [2.05, 4.69) is 71.3 Å². The number of fused-ring (bicyclic) bond motifs is 3. The third kappa shape index (κ3) is 10.9. The molecule has 0 fully saturated rings. The lowest BCUT2D eigenvalue weighted by molar-refractivity contribution is 1.07. The molecular weight excluding hydrogens is 1140 g/mol. The lowest BCUT2D eigenvalue weighted by atomic mass is 9.97. The molecule has 5 aromatic heterocycles. The van der Waals surface area contributed by atoms with Crippen molar-refractivity contribution < 1.29 is 0 Å². The van der Waals surface area contributed by atoms with E-state index in [0.717, 1.165) is 77.4 Å². The van der Waals surface area contributed by atoms with Gasteiger partial charge in [-0.1, -0.05) is 243 Å². The van der Waals surface area contributed by atoms with E-state index in [1.165, 1.54) is 0 Å². The smallest absolute Gasteiger partial charge is 0.164 e. The van der Waals surface area contributed by atoms with Crippen molar-refractivity contribution in [1.29, 1.82) is 5.26 Å². The van der Waals surface area contributed by atoms with Gasteiger partial charge in [0.2, 0.25) is 0 Å². The second kappa shape index (κ2) is 24.1. The van der Waals surface area contributed by atoms with Crippen LogP contribution < -0.4 is 0 Å². The summed E-state index contributed by atoms with van der Waals surface area (Å²) in [6, 6.07) is 103. The van der Waals surface area contributed by atoms with E-state index in [9.17, 15) is 5.26 Å². The predicted molar refractivity (Wildman–Crippen MR) is 369 cm³/mol. The Balaban J connectivity index is 1.03. The van der Waals surface area contributed by atoms with Gasteiger partial charge in [0.15, 0.2) is 46.6 Å². The van der Waals surface area contributed by atoms with Crippen LogP contribution in [0.15, 0.2) is 303 Å². The lowest BCUT2D eigenvalue weighted by Gasteiger charge is -2.20. The van der Waals surface area contributed by atoms with Crippen LogP contribution in [-0.4, -0.2) is 54.4 Å². The van der Waals surface area contributed by atoms with Crippen LogP contribution in [0.5, 0.6) is 0 Å². The minimum absolute atomic E-state index is 0.377. The van der Waals surface area contributed by atoms with Crippen molar-refractivity contribution in [3.05, 3.63) is 309 Å². The van der Waals surface area contributed by atoms with Crippen molar-refractivity contribution in [2.45, 2.75) is 0 Å². The van der Waals surface area contributed by atoms with E-state index in [4.69, 9.17) is 49.8 Å². The molecule has 16 aromatic rings. The van der Waals surface area contributed by atoms with Crippen LogP contribution in [0.25, 0.3) is 164 Å². The molecule has 0 spiro atoms. The maximum atomic E-state index is 11.4. The normalized spacial score (nSPS) is 11.2. The average molecular weight is 1190 g/mol. The molecule has 0 unspecified atom stereocenters. The van der Waals surface area contributed by atoms with Crippen LogP contribution in [0.4, 0.5) is 0 Å². The number of hydrogen-bond donors (Lipinski definition) is 0. The highest BCUT2D eigenvalue weighted by Gasteiger charge is 2.27. The van der Waals surface area contributed by atoms with Crippen LogP contribution >= 0.6 is 0 Å². The SMILES string of the molecule is N#Cc1cc(-c2cc(-c3ccccc3)nc(-c3ccccc3)n2)c(-n2c3ccc(-c4nc(-c5ccccc5)nc(-c5ccccc5)n4)cc3c3cc(-c4nc(-c5ccccc5)nc(-c5ccccc5)n4)ccc32)c(-c2nc(-c3ccccc3)cc(-c3ccccc3)n2)c1. The van der Waals surface area contributed by atoms with Crippen molar-refractivity contribution in [3.8, 4) is 148 Å². The maximum Gasteiger partial charge on any atom is 0.164 e. The first-order valence-corrected chi connectivity index (χ1v) is 30.4. The van der Waals surface area contributed by atoms with Gasteiger partial charge in [-0.25, -0.2) is 49.8 Å². The Kier molecular flexibility index (Phi) is 14.3. The predicted octanol–water partition coefficient (Wildman–Crippen LogP) is 18.6. The molecule has 434 valence electrons. The Hall–Kier alpha value is -13.1. The minimum Gasteiger partial charge on any atom is -0.308 e. The number of hydrogen-bond acceptors (Lipinski definition) is 11. The molecule has 0 saturated carbocycles. The molecule has 93 heavy (non-hydrogen) atoms. The standard InChI is InChI=1S/C81H50N12/c82-51-52-45-65(70-50-69(55-29-13-3-14-30-55)83-74(86-70)56-31-15-4-16-32-56)73(66(46-52)81-84-67(53-25-9-1-10-26-53)49-68(85-81)54-27-11-2-12-28-54)93-71-43-41-61(79-89-75(57-33-17-5-18-34-57)87-76(90-79)58-35-19-6-20-36-58)47-63(71)64-48-62(42-44-72(64)93)80-91-77(59-37-21-7-22-38-59)88-78(92-80)60-39-23-8-24-40-60/h1-50H. The van der Waals surface area contributed by atoms with Crippen molar-refractivity contribution >= 4 is 21.8 Å². The van der Waals surface area contributed by atoms with Gasteiger partial charge in [0.25, 0.3) is 0 Å². The van der Waals surface area contributed by atoms with E-state index < -0.39 is 0 Å². The fourth-order valence-corrected chi connectivity index (χ4v) is 11.9. The summed E-state index contributed by atoms with van der Waals surface area (Å²) < 4.78 is 2.26. The summed E-state index contributed by atoms with van der Waals surface area (Å²) >= 11 is 0. The topological polar surface area (TPSA) is 158 Å². The van der Waals surface area contributed by atoms with Gasteiger partial charge < -0.3 is 4.57 Å². The summed E-state index contributed by atoms with van der Waals surface area (Å²) in [5.41, 5.74) is 15.0. The Morgan fingerprint density at radius 2 is 0.495 bits per heavy atom. The second-order valence-electron chi connectivity index (χ2n) is 22.3. The highest BCUT2D eigenvalue weighted by Crippen LogP contribution is 2.45. The van der Waals surface area contributed by atoms with E-state index in [1.54, 1.807) is 0 Å². The summed E-state index contributed by atoms with van der Waals surface area (Å²) in [7, 11) is 0. The molecule has 0 radical (unpaired) electrons. The van der Waals surface area contributed by atoms with Gasteiger partial charge in [-0.05, 0) is 60.7 Å². The number of nitriles is 1. The molecule has 16 rings (SSSR count). The van der Waals surface area contributed by atoms with Crippen LogP contribution in [0.1, 0.15) is 5.56 Å². The number of nitrogens with zero attached hydrogens (tertiary/aromatic N) is 12. The third-order valence-corrected chi connectivity index (χ3v) is 16.4.